The number of rotatable bonds is 9. The van der Waals surface area contributed by atoms with E-state index in [0.717, 1.165) is 22.2 Å². The van der Waals surface area contributed by atoms with E-state index in [1.807, 2.05) is 31.2 Å². The number of amides is 1. The monoisotopic (exact) mass is 587 g/mol. The second kappa shape index (κ2) is 11.3. The number of halogens is 1. The van der Waals surface area contributed by atoms with E-state index in [0.29, 0.717) is 57.3 Å². The molecule has 3 aromatic carbocycles. The van der Waals surface area contributed by atoms with E-state index in [1.54, 1.807) is 49.1 Å². The minimum absolute atomic E-state index is 0.114. The summed E-state index contributed by atoms with van der Waals surface area (Å²) in [5, 5.41) is 9.52. The summed E-state index contributed by atoms with van der Waals surface area (Å²) in [6.07, 6.45) is 0.580. The van der Waals surface area contributed by atoms with Crippen LogP contribution in [0.1, 0.15) is 11.6 Å². The van der Waals surface area contributed by atoms with E-state index >= 15 is 0 Å². The number of methoxy groups -OCH3 is 2. The predicted molar refractivity (Wildman–Crippen MR) is 160 cm³/mol. The molecule has 0 fully saturated rings. The van der Waals surface area contributed by atoms with Gasteiger partial charge in [-0.25, -0.2) is 15.0 Å². The number of imidazole rings is 1. The van der Waals surface area contributed by atoms with Gasteiger partial charge in [-0.05, 0) is 43.3 Å². The first kappa shape index (κ1) is 26.9. The van der Waals surface area contributed by atoms with E-state index < -0.39 is 0 Å². The number of nitrogens with zero attached hydrogens (tertiary/aromatic N) is 6. The van der Waals surface area contributed by atoms with Crippen LogP contribution < -0.4 is 14.8 Å². The van der Waals surface area contributed by atoms with Crippen molar-refractivity contribution in [2.75, 3.05) is 25.3 Å². The van der Waals surface area contributed by atoms with Crippen LogP contribution in [0.5, 0.6) is 11.5 Å². The highest BCUT2D eigenvalue weighted by Crippen LogP contribution is 2.34. The molecule has 0 aliphatic carbocycles. The summed E-state index contributed by atoms with van der Waals surface area (Å²) in [5.41, 5.74) is 3.93. The lowest BCUT2D eigenvalue weighted by atomic mass is 10.2. The first-order valence-corrected chi connectivity index (χ1v) is 14.2. The topological polar surface area (TPSA) is 108 Å². The van der Waals surface area contributed by atoms with E-state index in [-0.39, 0.29) is 11.7 Å². The molecule has 0 saturated carbocycles. The number of hydrogen-bond donors (Lipinski definition) is 1. The van der Waals surface area contributed by atoms with Gasteiger partial charge < -0.3 is 19.4 Å². The number of carbonyl (C=O) groups excluding carboxylic acids is 1. The van der Waals surface area contributed by atoms with Crippen molar-refractivity contribution in [1.29, 1.82) is 0 Å². The number of aryl methyl sites for hydroxylation is 3. The molecular weight excluding hydrogens is 562 g/mol. The lowest BCUT2D eigenvalue weighted by Gasteiger charge is -2.11. The summed E-state index contributed by atoms with van der Waals surface area (Å²) < 4.78 is 14.9. The van der Waals surface area contributed by atoms with Crippen molar-refractivity contribution in [3.8, 4) is 11.5 Å². The van der Waals surface area contributed by atoms with Crippen molar-refractivity contribution >= 4 is 62.5 Å². The normalized spacial score (nSPS) is 11.4. The largest absolute Gasteiger partial charge is 0.493 e. The fourth-order valence-electron chi connectivity index (χ4n) is 4.74. The lowest BCUT2D eigenvalue weighted by molar-refractivity contribution is -0.113. The first-order chi connectivity index (χ1) is 19.9. The number of hydrogen-bond acceptors (Lipinski definition) is 8. The van der Waals surface area contributed by atoms with Crippen molar-refractivity contribution < 1.29 is 14.3 Å². The summed E-state index contributed by atoms with van der Waals surface area (Å²) in [7, 11) is 3.17. The molecule has 1 amide bonds. The summed E-state index contributed by atoms with van der Waals surface area (Å²) in [6, 6.07) is 18.7. The van der Waals surface area contributed by atoms with Crippen molar-refractivity contribution in [3.63, 3.8) is 0 Å². The molecule has 0 spiro atoms. The number of fused-ring (bicyclic) bond motifs is 4. The Bertz CT molecular complexity index is 1920. The van der Waals surface area contributed by atoms with Crippen LogP contribution in [-0.4, -0.2) is 55.0 Å². The minimum atomic E-state index is -0.192. The molecule has 3 heterocycles. The summed E-state index contributed by atoms with van der Waals surface area (Å²) in [5.74, 6) is 2.62. The van der Waals surface area contributed by atoms with E-state index in [4.69, 9.17) is 36.1 Å². The Labute approximate surface area is 244 Å². The Morgan fingerprint density at radius 2 is 1.78 bits per heavy atom. The third kappa shape index (κ3) is 5.38. The molecule has 0 unspecified atom stereocenters. The van der Waals surface area contributed by atoms with Gasteiger partial charge in [0.2, 0.25) is 5.91 Å². The van der Waals surface area contributed by atoms with Crippen molar-refractivity contribution in [1.82, 2.24) is 29.1 Å². The van der Waals surface area contributed by atoms with Crippen LogP contribution in [0.2, 0.25) is 5.02 Å². The number of aromatic nitrogens is 6. The Kier molecular flexibility index (Phi) is 7.38. The van der Waals surface area contributed by atoms with Gasteiger partial charge in [-0.1, -0.05) is 41.6 Å². The highest BCUT2D eigenvalue weighted by Gasteiger charge is 2.19. The van der Waals surface area contributed by atoms with Crippen LogP contribution in [0, 0.1) is 6.92 Å². The van der Waals surface area contributed by atoms with Gasteiger partial charge in [-0.15, -0.1) is 5.10 Å². The Balaban J connectivity index is 1.34. The third-order valence-electron chi connectivity index (χ3n) is 6.64. The maximum absolute atomic E-state index is 12.8. The maximum atomic E-state index is 12.8. The van der Waals surface area contributed by atoms with E-state index in [1.165, 1.54) is 11.8 Å². The number of thioether (sulfide) groups is 1. The molecular formula is C29H26ClN7O3S. The van der Waals surface area contributed by atoms with Gasteiger partial charge >= 0.3 is 0 Å². The summed E-state index contributed by atoms with van der Waals surface area (Å²) in [4.78, 5) is 27.2. The molecule has 6 aromatic rings. The molecule has 1 N–H and O–H groups in total. The Hall–Kier alpha value is -4.35. The number of nitrogens with one attached hydrogen (secondary N) is 1. The molecule has 3 aromatic heterocycles. The van der Waals surface area contributed by atoms with E-state index in [9.17, 15) is 4.79 Å². The highest BCUT2D eigenvalue weighted by atomic mass is 35.5. The molecule has 0 radical (unpaired) electrons. The average Bonchev–Trinajstić information content (AvgIpc) is 3.54. The molecule has 0 saturated heterocycles. The van der Waals surface area contributed by atoms with Crippen LogP contribution in [-0.2, 0) is 17.8 Å². The maximum Gasteiger partial charge on any atom is 0.234 e. The number of benzene rings is 3. The Morgan fingerprint density at radius 1 is 0.976 bits per heavy atom. The van der Waals surface area contributed by atoms with Crippen LogP contribution in [0.25, 0.3) is 27.6 Å². The predicted octanol–water partition coefficient (Wildman–Crippen LogP) is 5.58. The molecule has 0 atom stereocenters. The van der Waals surface area contributed by atoms with Crippen molar-refractivity contribution in [2.45, 2.75) is 25.0 Å². The standard InChI is InChI=1S/C29H26ClN7O3S/c1-17-31-21-9-4-5-10-23(21)36(17)12-11-26-34-28-20-14-24(39-2)25(40-3)15-22(20)33-29(37(28)35-26)41-16-27(38)32-19-8-6-7-18(30)13-19/h4-10,13-15H,11-12,16H2,1-3H3,(H,32,38). The lowest BCUT2D eigenvalue weighted by Crippen LogP contribution is -2.14. The fourth-order valence-corrected chi connectivity index (χ4v) is 5.67. The van der Waals surface area contributed by atoms with Gasteiger partial charge in [0.1, 0.15) is 5.82 Å². The third-order valence-corrected chi connectivity index (χ3v) is 7.80. The van der Waals surface area contributed by atoms with E-state index in [2.05, 4.69) is 20.9 Å². The van der Waals surface area contributed by atoms with Crippen LogP contribution in [0.4, 0.5) is 5.69 Å². The SMILES string of the molecule is COc1cc2nc(SCC(=O)Nc3cccc(Cl)c3)n3nc(CCn4c(C)nc5ccccc54)nc3c2cc1OC. The smallest absolute Gasteiger partial charge is 0.234 e. The molecule has 41 heavy (non-hydrogen) atoms. The van der Waals surface area contributed by atoms with Gasteiger partial charge in [0.15, 0.2) is 28.1 Å². The Morgan fingerprint density at radius 3 is 2.59 bits per heavy atom. The quantitative estimate of drug-likeness (QED) is 0.172. The van der Waals surface area contributed by atoms with Crippen LogP contribution in [0.15, 0.2) is 65.8 Å². The minimum Gasteiger partial charge on any atom is -0.493 e. The first-order valence-electron chi connectivity index (χ1n) is 12.8. The number of anilines is 1. The fraction of sp³-hybridized carbons (Fsp3) is 0.207. The molecule has 0 bridgehead atoms. The van der Waals surface area contributed by atoms with Gasteiger partial charge in [0, 0.05) is 35.1 Å². The van der Waals surface area contributed by atoms with Crippen LogP contribution in [0.3, 0.4) is 0 Å². The molecule has 208 valence electrons. The molecule has 10 nitrogen and oxygen atoms in total. The van der Waals surface area contributed by atoms with Crippen molar-refractivity contribution in [3.05, 3.63) is 77.3 Å². The molecule has 12 heteroatoms. The summed E-state index contributed by atoms with van der Waals surface area (Å²) >= 11 is 7.33. The number of carbonyl (C=O) groups is 1. The zero-order valence-corrected chi connectivity index (χ0v) is 24.2. The van der Waals surface area contributed by atoms with Gasteiger partial charge in [-0.3, -0.25) is 4.79 Å². The highest BCUT2D eigenvalue weighted by molar-refractivity contribution is 7.99. The van der Waals surface area contributed by atoms with Crippen LogP contribution >= 0.6 is 23.4 Å². The zero-order chi connectivity index (χ0) is 28.5. The number of ether oxygens (including phenoxy) is 2. The second-order valence-electron chi connectivity index (χ2n) is 9.28. The second-order valence-corrected chi connectivity index (χ2v) is 10.7. The average molecular weight is 588 g/mol. The zero-order valence-electron chi connectivity index (χ0n) is 22.6. The van der Waals surface area contributed by atoms with Gasteiger partial charge in [0.25, 0.3) is 0 Å². The van der Waals surface area contributed by atoms with Gasteiger partial charge in [-0.2, -0.15) is 4.52 Å². The molecule has 0 aliphatic rings. The molecule has 6 rings (SSSR count). The number of para-hydroxylation sites is 2. The van der Waals surface area contributed by atoms with Gasteiger partial charge in [0.05, 0.1) is 36.5 Å². The summed E-state index contributed by atoms with van der Waals surface area (Å²) in [6.45, 7) is 2.66. The molecule has 0 aliphatic heterocycles. The van der Waals surface area contributed by atoms with Crippen molar-refractivity contribution in [2.24, 2.45) is 0 Å².